The minimum absolute atomic E-state index is 0.633. The molecule has 1 heterocycles. The summed E-state index contributed by atoms with van der Waals surface area (Å²) in [6.07, 6.45) is 3.93. The van der Waals surface area contributed by atoms with E-state index >= 15 is 0 Å². The van der Waals surface area contributed by atoms with Gasteiger partial charge in [-0.05, 0) is 57.2 Å². The van der Waals surface area contributed by atoms with Crippen molar-refractivity contribution < 1.29 is 4.74 Å². The molecule has 1 unspecified atom stereocenters. The van der Waals surface area contributed by atoms with Crippen molar-refractivity contribution in [3.8, 4) is 5.75 Å². The largest absolute Gasteiger partial charge is 0.495 e. The van der Waals surface area contributed by atoms with Crippen LogP contribution in [0.5, 0.6) is 5.75 Å². The molecule has 1 aromatic carbocycles. The molecular weight excluding hydrogens is 372 g/mol. The van der Waals surface area contributed by atoms with Crippen molar-refractivity contribution in [2.45, 2.75) is 31.3 Å². The Hall–Kier alpha value is -0.260. The molecular formula is C14H18Br2N2O. The van der Waals surface area contributed by atoms with Crippen LogP contribution < -0.4 is 15.0 Å². The average Bonchev–Trinajstić information content (AvgIpc) is 3.07. The first-order valence-electron chi connectivity index (χ1n) is 6.71. The van der Waals surface area contributed by atoms with E-state index in [9.17, 15) is 0 Å². The number of hydrogen-bond donors (Lipinski definition) is 1. The van der Waals surface area contributed by atoms with Crippen molar-refractivity contribution in [1.82, 2.24) is 5.32 Å². The number of hydrogen-bond acceptors (Lipinski definition) is 3. The van der Waals surface area contributed by atoms with Crippen molar-refractivity contribution in [2.75, 3.05) is 25.1 Å². The third-order valence-corrected chi connectivity index (χ3v) is 5.05. The maximum atomic E-state index is 5.39. The van der Waals surface area contributed by atoms with Gasteiger partial charge >= 0.3 is 0 Å². The predicted molar refractivity (Wildman–Crippen MR) is 85.2 cm³/mol. The number of methoxy groups -OCH3 is 1. The number of nitrogens with one attached hydrogen (secondary N) is 1. The van der Waals surface area contributed by atoms with Gasteiger partial charge in [-0.1, -0.05) is 0 Å². The van der Waals surface area contributed by atoms with Crippen molar-refractivity contribution in [3.63, 3.8) is 0 Å². The van der Waals surface area contributed by atoms with E-state index < -0.39 is 0 Å². The van der Waals surface area contributed by atoms with Gasteiger partial charge in [0.15, 0.2) is 0 Å². The van der Waals surface area contributed by atoms with E-state index in [1.807, 2.05) is 0 Å². The zero-order chi connectivity index (χ0) is 13.4. The first-order chi connectivity index (χ1) is 9.17. The Morgan fingerprint density at radius 3 is 2.63 bits per heavy atom. The van der Waals surface area contributed by atoms with E-state index in [1.54, 1.807) is 7.11 Å². The van der Waals surface area contributed by atoms with Crippen molar-refractivity contribution in [3.05, 3.63) is 21.1 Å². The van der Waals surface area contributed by atoms with Crippen LogP contribution in [0.25, 0.3) is 0 Å². The average molecular weight is 390 g/mol. The molecule has 0 radical (unpaired) electrons. The molecule has 5 heteroatoms. The third kappa shape index (κ3) is 3.09. The van der Waals surface area contributed by atoms with Crippen LogP contribution in [0.1, 0.15) is 19.3 Å². The Morgan fingerprint density at radius 1 is 1.16 bits per heavy atom. The van der Waals surface area contributed by atoms with Crippen LogP contribution in [-0.2, 0) is 0 Å². The summed E-state index contributed by atoms with van der Waals surface area (Å²) in [6, 6.07) is 5.59. The van der Waals surface area contributed by atoms with Crippen molar-refractivity contribution >= 4 is 37.5 Å². The zero-order valence-electron chi connectivity index (χ0n) is 11.0. The Balaban J connectivity index is 1.74. The summed E-state index contributed by atoms with van der Waals surface area (Å²) >= 11 is 7.17. The maximum Gasteiger partial charge on any atom is 0.135 e. The lowest BCUT2D eigenvalue weighted by molar-refractivity contribution is 0.412. The molecule has 1 atom stereocenters. The van der Waals surface area contributed by atoms with E-state index in [2.05, 4.69) is 54.2 Å². The smallest absolute Gasteiger partial charge is 0.135 e. The number of anilines is 1. The fourth-order valence-corrected chi connectivity index (χ4v) is 4.02. The SMILES string of the molecule is COc1cc(N2CCC(NC3CC3)C2)c(Br)cc1Br. The Bertz CT molecular complexity index is 477. The second-order valence-electron chi connectivity index (χ2n) is 5.31. The molecule has 2 fully saturated rings. The minimum Gasteiger partial charge on any atom is -0.495 e. The lowest BCUT2D eigenvalue weighted by Crippen LogP contribution is -2.34. The van der Waals surface area contributed by atoms with Gasteiger partial charge in [-0.25, -0.2) is 0 Å². The second-order valence-corrected chi connectivity index (χ2v) is 7.02. The van der Waals surface area contributed by atoms with Crippen molar-refractivity contribution in [1.29, 1.82) is 0 Å². The van der Waals surface area contributed by atoms with Crippen LogP contribution in [0.3, 0.4) is 0 Å². The molecule has 0 amide bonds. The molecule has 19 heavy (non-hydrogen) atoms. The molecule has 104 valence electrons. The van der Waals surface area contributed by atoms with E-state index in [0.29, 0.717) is 6.04 Å². The quantitative estimate of drug-likeness (QED) is 0.852. The number of rotatable bonds is 4. The molecule has 3 nitrogen and oxygen atoms in total. The predicted octanol–water partition coefficient (Wildman–Crippen LogP) is 3.55. The molecule has 3 rings (SSSR count). The van der Waals surface area contributed by atoms with Gasteiger partial charge in [-0.15, -0.1) is 0 Å². The molecule has 1 aliphatic carbocycles. The van der Waals surface area contributed by atoms with Crippen LogP contribution in [0.4, 0.5) is 5.69 Å². The van der Waals surface area contributed by atoms with E-state index in [-0.39, 0.29) is 0 Å². The van der Waals surface area contributed by atoms with Gasteiger partial charge in [0.05, 0.1) is 17.3 Å². The summed E-state index contributed by atoms with van der Waals surface area (Å²) in [6.45, 7) is 2.19. The highest BCUT2D eigenvalue weighted by Crippen LogP contribution is 2.38. The summed E-state index contributed by atoms with van der Waals surface area (Å²) in [4.78, 5) is 2.43. The Morgan fingerprint density at radius 2 is 1.95 bits per heavy atom. The highest BCUT2D eigenvalue weighted by molar-refractivity contribution is 9.11. The summed E-state index contributed by atoms with van der Waals surface area (Å²) in [5, 5.41) is 3.71. The van der Waals surface area contributed by atoms with Crippen LogP contribution in [0, 0.1) is 0 Å². The third-order valence-electron chi connectivity index (χ3n) is 3.80. The van der Waals surface area contributed by atoms with Crippen molar-refractivity contribution in [2.24, 2.45) is 0 Å². The highest BCUT2D eigenvalue weighted by Gasteiger charge is 2.30. The van der Waals surface area contributed by atoms with Crippen LogP contribution in [-0.4, -0.2) is 32.3 Å². The summed E-state index contributed by atoms with van der Waals surface area (Å²) in [5.41, 5.74) is 1.22. The Labute approximate surface area is 130 Å². The summed E-state index contributed by atoms with van der Waals surface area (Å²) < 4.78 is 7.49. The number of halogens is 2. The van der Waals surface area contributed by atoms with E-state index in [1.165, 1.54) is 24.9 Å². The van der Waals surface area contributed by atoms with Gasteiger partial charge < -0.3 is 15.0 Å². The Kier molecular flexibility index (Phi) is 4.06. The normalized spacial score (nSPS) is 22.9. The van der Waals surface area contributed by atoms with Gasteiger partial charge in [0, 0.05) is 35.7 Å². The summed E-state index contributed by atoms with van der Waals surface area (Å²) in [7, 11) is 1.71. The topological polar surface area (TPSA) is 24.5 Å². The standard InChI is InChI=1S/C14H18Br2N2O/c1-19-14-7-13(11(15)6-12(14)16)18-5-4-10(8-18)17-9-2-3-9/h6-7,9-10,17H,2-5,8H2,1H3. The maximum absolute atomic E-state index is 5.39. The van der Waals surface area contributed by atoms with Crippen LogP contribution in [0.15, 0.2) is 21.1 Å². The lowest BCUT2D eigenvalue weighted by Gasteiger charge is -2.21. The van der Waals surface area contributed by atoms with Gasteiger partial charge in [0.25, 0.3) is 0 Å². The first-order valence-corrected chi connectivity index (χ1v) is 8.30. The molecule has 1 N–H and O–H groups in total. The second kappa shape index (κ2) is 5.62. The fraction of sp³-hybridized carbons (Fsp3) is 0.571. The molecule has 1 aliphatic heterocycles. The van der Waals surface area contributed by atoms with Gasteiger partial charge in [0.2, 0.25) is 0 Å². The lowest BCUT2D eigenvalue weighted by atomic mass is 10.2. The summed E-state index contributed by atoms with van der Waals surface area (Å²) in [5.74, 6) is 0.886. The molecule has 2 aliphatic rings. The first kappa shape index (κ1) is 13.7. The zero-order valence-corrected chi connectivity index (χ0v) is 14.1. The van der Waals surface area contributed by atoms with E-state index in [4.69, 9.17) is 4.74 Å². The monoisotopic (exact) mass is 388 g/mol. The molecule has 0 bridgehead atoms. The van der Waals surface area contributed by atoms with Gasteiger partial charge in [-0.2, -0.15) is 0 Å². The van der Waals surface area contributed by atoms with Gasteiger partial charge in [0.1, 0.15) is 5.75 Å². The molecule has 1 saturated heterocycles. The van der Waals surface area contributed by atoms with Crippen LogP contribution in [0.2, 0.25) is 0 Å². The van der Waals surface area contributed by atoms with Gasteiger partial charge in [-0.3, -0.25) is 0 Å². The highest BCUT2D eigenvalue weighted by atomic mass is 79.9. The molecule has 0 spiro atoms. The number of ether oxygens (including phenoxy) is 1. The fourth-order valence-electron chi connectivity index (χ4n) is 2.62. The molecule has 1 saturated carbocycles. The van der Waals surface area contributed by atoms with Crippen LogP contribution >= 0.6 is 31.9 Å². The number of nitrogens with zero attached hydrogens (tertiary/aromatic N) is 1. The number of benzene rings is 1. The molecule has 0 aromatic heterocycles. The minimum atomic E-state index is 0.633. The molecule has 1 aromatic rings. The van der Waals surface area contributed by atoms with E-state index in [0.717, 1.165) is 33.8 Å².